The van der Waals surface area contributed by atoms with Crippen LogP contribution in [0.25, 0.3) is 0 Å². The molecule has 102 valence electrons. The van der Waals surface area contributed by atoms with Crippen LogP contribution in [0.1, 0.15) is 24.1 Å². The molecule has 0 saturated carbocycles. The molecule has 0 heterocycles. The fourth-order valence-corrected chi connectivity index (χ4v) is 2.48. The van der Waals surface area contributed by atoms with Gasteiger partial charge in [-0.05, 0) is 58.7 Å². The first kappa shape index (κ1) is 14.8. The van der Waals surface area contributed by atoms with E-state index in [1.807, 2.05) is 13.0 Å². The SMILES string of the molecule is CC(Nc1ccc(C#N)cc1Br)c1ccc(F)c(Cl)c1. The van der Waals surface area contributed by atoms with Gasteiger partial charge in [0.2, 0.25) is 0 Å². The first-order valence-electron chi connectivity index (χ1n) is 5.92. The zero-order chi connectivity index (χ0) is 14.7. The third-order valence-electron chi connectivity index (χ3n) is 2.91. The molecule has 0 aliphatic rings. The molecule has 0 fully saturated rings. The minimum absolute atomic E-state index is 0.0441. The van der Waals surface area contributed by atoms with E-state index < -0.39 is 5.82 Å². The number of nitrogens with zero attached hydrogens (tertiary/aromatic N) is 1. The van der Waals surface area contributed by atoms with Crippen molar-refractivity contribution < 1.29 is 4.39 Å². The molecule has 2 rings (SSSR count). The van der Waals surface area contributed by atoms with Gasteiger partial charge in [-0.15, -0.1) is 0 Å². The van der Waals surface area contributed by atoms with E-state index in [-0.39, 0.29) is 11.1 Å². The number of hydrogen-bond acceptors (Lipinski definition) is 2. The number of benzene rings is 2. The standard InChI is InChI=1S/C15H11BrClFN2/c1-9(11-3-4-14(18)13(17)7-11)20-15-5-2-10(8-19)6-12(15)16/h2-7,9,20H,1H3. The van der Waals surface area contributed by atoms with E-state index in [0.717, 1.165) is 15.7 Å². The minimum atomic E-state index is -0.429. The summed E-state index contributed by atoms with van der Waals surface area (Å²) in [5.74, 6) is -0.429. The molecule has 0 radical (unpaired) electrons. The average molecular weight is 354 g/mol. The van der Waals surface area contributed by atoms with Crippen molar-refractivity contribution in [3.05, 3.63) is 62.8 Å². The van der Waals surface area contributed by atoms with Gasteiger partial charge in [0.1, 0.15) is 5.82 Å². The molecular weight excluding hydrogens is 343 g/mol. The summed E-state index contributed by atoms with van der Waals surface area (Å²) in [5, 5.41) is 12.2. The fourth-order valence-electron chi connectivity index (χ4n) is 1.80. The molecule has 0 aromatic heterocycles. The zero-order valence-electron chi connectivity index (χ0n) is 10.6. The van der Waals surface area contributed by atoms with Crippen molar-refractivity contribution in [2.75, 3.05) is 5.32 Å². The van der Waals surface area contributed by atoms with Crippen LogP contribution in [0.3, 0.4) is 0 Å². The summed E-state index contributed by atoms with van der Waals surface area (Å²) in [7, 11) is 0. The molecule has 0 bridgehead atoms. The molecule has 2 aromatic rings. The van der Waals surface area contributed by atoms with E-state index in [4.69, 9.17) is 16.9 Å². The lowest BCUT2D eigenvalue weighted by molar-refractivity contribution is 0.627. The highest BCUT2D eigenvalue weighted by Gasteiger charge is 2.10. The predicted octanol–water partition coefficient (Wildman–Crippen LogP) is 5.29. The molecule has 1 N–H and O–H groups in total. The molecule has 1 atom stereocenters. The molecule has 0 spiro atoms. The van der Waals surface area contributed by atoms with Gasteiger partial charge in [0.15, 0.2) is 0 Å². The third kappa shape index (κ3) is 3.30. The summed E-state index contributed by atoms with van der Waals surface area (Å²) in [6.07, 6.45) is 0. The topological polar surface area (TPSA) is 35.8 Å². The van der Waals surface area contributed by atoms with Crippen LogP contribution in [0.5, 0.6) is 0 Å². The van der Waals surface area contributed by atoms with E-state index in [1.54, 1.807) is 24.3 Å². The van der Waals surface area contributed by atoms with E-state index in [9.17, 15) is 4.39 Å². The smallest absolute Gasteiger partial charge is 0.141 e. The van der Waals surface area contributed by atoms with Crippen LogP contribution in [0.2, 0.25) is 5.02 Å². The second-order valence-corrected chi connectivity index (χ2v) is 5.61. The lowest BCUT2D eigenvalue weighted by Gasteiger charge is -2.17. The van der Waals surface area contributed by atoms with E-state index >= 15 is 0 Å². The zero-order valence-corrected chi connectivity index (χ0v) is 13.0. The summed E-state index contributed by atoms with van der Waals surface area (Å²) in [6, 6.07) is 12.0. The number of rotatable bonds is 3. The lowest BCUT2D eigenvalue weighted by atomic mass is 10.1. The van der Waals surface area contributed by atoms with Crippen LogP contribution in [-0.4, -0.2) is 0 Å². The molecule has 1 unspecified atom stereocenters. The Kier molecular flexibility index (Phi) is 4.64. The molecule has 5 heteroatoms. The Morgan fingerprint density at radius 3 is 2.65 bits per heavy atom. The van der Waals surface area contributed by atoms with Crippen LogP contribution in [0.15, 0.2) is 40.9 Å². The Hall–Kier alpha value is -1.57. The number of hydrogen-bond donors (Lipinski definition) is 1. The molecule has 0 amide bonds. The van der Waals surface area contributed by atoms with E-state index in [1.165, 1.54) is 6.07 Å². The first-order chi connectivity index (χ1) is 9.51. The molecule has 0 aliphatic heterocycles. The van der Waals surface area contributed by atoms with Gasteiger partial charge in [0, 0.05) is 16.2 Å². The Morgan fingerprint density at radius 2 is 2.05 bits per heavy atom. The van der Waals surface area contributed by atoms with Crippen LogP contribution in [-0.2, 0) is 0 Å². The third-order valence-corrected chi connectivity index (χ3v) is 3.86. The monoisotopic (exact) mass is 352 g/mol. The van der Waals surface area contributed by atoms with Crippen LogP contribution in [0, 0.1) is 17.1 Å². The highest BCUT2D eigenvalue weighted by Crippen LogP contribution is 2.28. The Morgan fingerprint density at radius 1 is 1.30 bits per heavy atom. The molecule has 2 aromatic carbocycles. The summed E-state index contributed by atoms with van der Waals surface area (Å²) in [4.78, 5) is 0. The highest BCUT2D eigenvalue weighted by molar-refractivity contribution is 9.10. The number of anilines is 1. The number of nitriles is 1. The predicted molar refractivity (Wildman–Crippen MR) is 82.3 cm³/mol. The fraction of sp³-hybridized carbons (Fsp3) is 0.133. The number of halogens is 3. The van der Waals surface area contributed by atoms with Crippen LogP contribution >= 0.6 is 27.5 Å². The Labute approximate surface area is 130 Å². The maximum atomic E-state index is 13.1. The highest BCUT2D eigenvalue weighted by atomic mass is 79.9. The second kappa shape index (κ2) is 6.25. The Balaban J connectivity index is 2.21. The largest absolute Gasteiger partial charge is 0.378 e. The molecule has 20 heavy (non-hydrogen) atoms. The van der Waals surface area contributed by atoms with Gasteiger partial charge in [-0.25, -0.2) is 4.39 Å². The summed E-state index contributed by atoms with van der Waals surface area (Å²) >= 11 is 9.20. The number of nitrogens with one attached hydrogen (secondary N) is 1. The van der Waals surface area contributed by atoms with Gasteiger partial charge < -0.3 is 5.32 Å². The minimum Gasteiger partial charge on any atom is -0.378 e. The van der Waals surface area contributed by atoms with Crippen molar-refractivity contribution in [2.24, 2.45) is 0 Å². The molecule has 2 nitrogen and oxygen atoms in total. The maximum Gasteiger partial charge on any atom is 0.141 e. The van der Waals surface area contributed by atoms with Gasteiger partial charge in [-0.2, -0.15) is 5.26 Å². The van der Waals surface area contributed by atoms with Gasteiger partial charge in [-0.3, -0.25) is 0 Å². The Bertz CT molecular complexity index is 682. The lowest BCUT2D eigenvalue weighted by Crippen LogP contribution is -2.07. The molecular formula is C15H11BrClFN2. The van der Waals surface area contributed by atoms with Crippen LogP contribution in [0.4, 0.5) is 10.1 Å². The molecule has 0 saturated heterocycles. The maximum absolute atomic E-state index is 13.1. The second-order valence-electron chi connectivity index (χ2n) is 4.35. The van der Waals surface area contributed by atoms with E-state index in [2.05, 4.69) is 27.3 Å². The van der Waals surface area contributed by atoms with Crippen molar-refractivity contribution >= 4 is 33.2 Å². The normalized spacial score (nSPS) is 11.8. The summed E-state index contributed by atoms with van der Waals surface area (Å²) in [5.41, 5.74) is 2.32. The van der Waals surface area contributed by atoms with Crippen molar-refractivity contribution in [1.29, 1.82) is 5.26 Å². The van der Waals surface area contributed by atoms with Crippen LogP contribution < -0.4 is 5.32 Å². The van der Waals surface area contributed by atoms with Gasteiger partial charge in [-0.1, -0.05) is 17.7 Å². The van der Waals surface area contributed by atoms with Gasteiger partial charge in [0.25, 0.3) is 0 Å². The van der Waals surface area contributed by atoms with E-state index in [0.29, 0.717) is 5.56 Å². The van der Waals surface area contributed by atoms with Crippen molar-refractivity contribution in [3.63, 3.8) is 0 Å². The van der Waals surface area contributed by atoms with Crippen molar-refractivity contribution in [2.45, 2.75) is 13.0 Å². The molecule has 0 aliphatic carbocycles. The van der Waals surface area contributed by atoms with Crippen molar-refractivity contribution in [1.82, 2.24) is 0 Å². The summed E-state index contributed by atoms with van der Waals surface area (Å²) < 4.78 is 13.9. The summed E-state index contributed by atoms with van der Waals surface area (Å²) in [6.45, 7) is 1.95. The van der Waals surface area contributed by atoms with Crippen molar-refractivity contribution in [3.8, 4) is 6.07 Å². The quantitative estimate of drug-likeness (QED) is 0.814. The first-order valence-corrected chi connectivity index (χ1v) is 7.09. The van der Waals surface area contributed by atoms with Gasteiger partial charge in [0.05, 0.1) is 16.7 Å². The average Bonchev–Trinajstić information content (AvgIpc) is 2.43. The van der Waals surface area contributed by atoms with Gasteiger partial charge >= 0.3 is 0 Å².